The van der Waals surface area contributed by atoms with E-state index in [1.807, 2.05) is 67.7 Å². The maximum Gasteiger partial charge on any atom is 0.325 e. The van der Waals surface area contributed by atoms with Gasteiger partial charge in [-0.15, -0.1) is 0 Å². The van der Waals surface area contributed by atoms with Crippen LogP contribution < -0.4 is 10.7 Å². The van der Waals surface area contributed by atoms with Crippen LogP contribution in [0.3, 0.4) is 0 Å². The molecule has 0 radical (unpaired) electrons. The fraction of sp³-hybridized carbons (Fsp3) is 0.179. The number of carbonyl (C=O) groups is 3. The number of carbonyl (C=O) groups excluding carboxylic acids is 3. The Bertz CT molecular complexity index is 1520. The lowest BCUT2D eigenvalue weighted by molar-refractivity contribution is -0.139. The molecule has 0 saturated carbocycles. The number of H-pyrrole nitrogens is 1. The number of para-hydroxylation sites is 1. The molecule has 1 fully saturated rings. The number of nitrogens with one attached hydrogen (secondary N) is 3. The Morgan fingerprint density at radius 3 is 2.62 bits per heavy atom. The van der Waals surface area contributed by atoms with E-state index >= 15 is 0 Å². The lowest BCUT2D eigenvalue weighted by atomic mass is 10.1. The van der Waals surface area contributed by atoms with Gasteiger partial charge in [0.2, 0.25) is 0 Å². The molecule has 0 unspecified atom stereocenters. The van der Waals surface area contributed by atoms with Gasteiger partial charge in [-0.2, -0.15) is 0 Å². The van der Waals surface area contributed by atoms with Gasteiger partial charge in [-0.05, 0) is 42.3 Å². The van der Waals surface area contributed by atoms with E-state index in [0.717, 1.165) is 38.2 Å². The minimum atomic E-state index is -0.742. The monoisotopic (exact) mass is 495 g/mol. The number of hydrogen-bond acceptors (Lipinski definition) is 5. The third-order valence-electron chi connectivity index (χ3n) is 6.81. The number of furan rings is 1. The summed E-state index contributed by atoms with van der Waals surface area (Å²) in [6, 6.07) is 17.4. The van der Waals surface area contributed by atoms with Crippen LogP contribution in [0.1, 0.15) is 28.5 Å². The van der Waals surface area contributed by atoms with Crippen molar-refractivity contribution < 1.29 is 18.8 Å². The molecule has 0 bridgehead atoms. The summed E-state index contributed by atoms with van der Waals surface area (Å²) < 4.78 is 5.58. The Labute approximate surface area is 212 Å². The molecule has 37 heavy (non-hydrogen) atoms. The summed E-state index contributed by atoms with van der Waals surface area (Å²) >= 11 is 0. The first-order valence-electron chi connectivity index (χ1n) is 12.1. The highest BCUT2D eigenvalue weighted by Gasteiger charge is 2.41. The number of urea groups is 1. The van der Waals surface area contributed by atoms with Gasteiger partial charge in [0, 0.05) is 23.5 Å². The number of rotatable bonds is 6. The second-order valence-corrected chi connectivity index (χ2v) is 9.27. The number of aryl methyl sites for hydroxylation is 1. The minimum Gasteiger partial charge on any atom is -0.467 e. The van der Waals surface area contributed by atoms with E-state index < -0.39 is 36.5 Å². The molecular formula is C28H25N5O4. The van der Waals surface area contributed by atoms with Gasteiger partial charge in [0.15, 0.2) is 0 Å². The van der Waals surface area contributed by atoms with E-state index in [4.69, 9.17) is 4.42 Å². The van der Waals surface area contributed by atoms with Crippen molar-refractivity contribution in [3.05, 3.63) is 102 Å². The van der Waals surface area contributed by atoms with Crippen molar-refractivity contribution in [1.82, 2.24) is 25.6 Å². The van der Waals surface area contributed by atoms with Gasteiger partial charge in [-0.1, -0.05) is 48.0 Å². The average Bonchev–Trinajstić information content (AvgIpc) is 3.69. The first-order chi connectivity index (χ1) is 18.0. The van der Waals surface area contributed by atoms with E-state index in [1.165, 1.54) is 5.01 Å². The molecule has 2 aliphatic heterocycles. The molecule has 9 heteroatoms. The summed E-state index contributed by atoms with van der Waals surface area (Å²) in [5.41, 5.74) is 7.80. The van der Waals surface area contributed by atoms with Gasteiger partial charge in [0.05, 0.1) is 12.0 Å². The number of amides is 4. The molecular weight excluding hydrogens is 470 g/mol. The SMILES string of the molecule is Cc1ccc(C2=C[C@H](c3ccco3)N(C(=O)CN3C(=O)N[C@H](Cc4c[nH]c5ccccc45)C3=O)N2)cc1. The highest BCUT2D eigenvalue weighted by atomic mass is 16.3. The van der Waals surface area contributed by atoms with Gasteiger partial charge in [0.25, 0.3) is 11.8 Å². The zero-order valence-corrected chi connectivity index (χ0v) is 20.1. The predicted molar refractivity (Wildman–Crippen MR) is 137 cm³/mol. The molecule has 0 spiro atoms. The van der Waals surface area contributed by atoms with E-state index in [0.29, 0.717) is 12.2 Å². The number of hydrogen-bond donors (Lipinski definition) is 3. The first kappa shape index (κ1) is 22.7. The number of aromatic amines is 1. The number of benzene rings is 2. The number of fused-ring (bicyclic) bond motifs is 1. The van der Waals surface area contributed by atoms with Crippen LogP contribution in [0.15, 0.2) is 83.6 Å². The molecule has 6 rings (SSSR count). The fourth-order valence-electron chi connectivity index (χ4n) is 4.85. The van der Waals surface area contributed by atoms with Crippen LogP contribution in [0.2, 0.25) is 0 Å². The van der Waals surface area contributed by atoms with Crippen molar-refractivity contribution in [2.45, 2.75) is 25.4 Å². The molecule has 9 nitrogen and oxygen atoms in total. The summed E-state index contributed by atoms with van der Waals surface area (Å²) in [5, 5.41) is 5.13. The fourth-order valence-corrected chi connectivity index (χ4v) is 4.85. The van der Waals surface area contributed by atoms with Crippen molar-refractivity contribution in [1.29, 1.82) is 0 Å². The molecule has 2 aromatic carbocycles. The number of nitrogens with zero attached hydrogens (tertiary/aromatic N) is 2. The Morgan fingerprint density at radius 2 is 1.84 bits per heavy atom. The second kappa shape index (κ2) is 9.02. The minimum absolute atomic E-state index is 0.329. The Morgan fingerprint density at radius 1 is 1.03 bits per heavy atom. The van der Waals surface area contributed by atoms with Gasteiger partial charge >= 0.3 is 6.03 Å². The van der Waals surface area contributed by atoms with E-state index in [9.17, 15) is 14.4 Å². The molecule has 3 N–H and O–H groups in total. The molecule has 4 amide bonds. The third kappa shape index (κ3) is 4.14. The van der Waals surface area contributed by atoms with Crippen molar-refractivity contribution in [2.24, 2.45) is 0 Å². The van der Waals surface area contributed by atoms with Crippen LogP contribution in [0, 0.1) is 6.92 Å². The smallest absolute Gasteiger partial charge is 0.325 e. The third-order valence-corrected chi connectivity index (χ3v) is 6.81. The summed E-state index contributed by atoms with van der Waals surface area (Å²) in [6.45, 7) is 1.61. The van der Waals surface area contributed by atoms with Crippen LogP contribution in [-0.4, -0.2) is 45.3 Å². The van der Waals surface area contributed by atoms with Gasteiger partial charge < -0.3 is 14.7 Å². The Balaban J connectivity index is 1.19. The van der Waals surface area contributed by atoms with E-state index in [2.05, 4.69) is 15.7 Å². The lowest BCUT2D eigenvalue weighted by Gasteiger charge is -2.25. The molecule has 2 aromatic heterocycles. The predicted octanol–water partition coefficient (Wildman–Crippen LogP) is 3.66. The van der Waals surface area contributed by atoms with Crippen molar-refractivity contribution in [3.8, 4) is 0 Å². The molecule has 186 valence electrons. The molecule has 1 saturated heterocycles. The summed E-state index contributed by atoms with van der Waals surface area (Å²) in [5.74, 6) is -0.294. The summed E-state index contributed by atoms with van der Waals surface area (Å²) in [4.78, 5) is 43.5. The standard InChI is InChI=1S/C28H25N5O4/c1-17-8-10-18(11-9-17)22-14-24(25-7-4-12-37-25)33(31-22)26(34)16-32-27(35)23(30-28(32)36)13-19-15-29-21-6-3-2-5-20(19)21/h2-12,14-15,23-24,29,31H,13,16H2,1H3,(H,30,36)/t23-,24-/m1/s1. The quantitative estimate of drug-likeness (QED) is 0.354. The van der Waals surface area contributed by atoms with Crippen molar-refractivity contribution >= 4 is 34.4 Å². The van der Waals surface area contributed by atoms with Crippen LogP contribution in [0.25, 0.3) is 16.6 Å². The number of hydrazine groups is 1. The summed E-state index contributed by atoms with van der Waals surface area (Å²) in [6.07, 6.45) is 5.61. The number of imide groups is 1. The molecule has 0 aliphatic carbocycles. The van der Waals surface area contributed by atoms with Crippen molar-refractivity contribution in [2.75, 3.05) is 6.54 Å². The van der Waals surface area contributed by atoms with Gasteiger partial charge in [0.1, 0.15) is 24.4 Å². The van der Waals surface area contributed by atoms with Gasteiger partial charge in [-0.3, -0.25) is 19.9 Å². The molecule has 2 aliphatic rings. The number of aromatic nitrogens is 1. The maximum absolute atomic E-state index is 13.4. The van der Waals surface area contributed by atoms with Gasteiger partial charge in [-0.25, -0.2) is 9.80 Å². The van der Waals surface area contributed by atoms with Crippen LogP contribution in [0.4, 0.5) is 4.79 Å². The van der Waals surface area contributed by atoms with Crippen LogP contribution in [0.5, 0.6) is 0 Å². The van der Waals surface area contributed by atoms with E-state index in [1.54, 1.807) is 18.4 Å². The highest BCUT2D eigenvalue weighted by molar-refractivity contribution is 6.07. The zero-order valence-electron chi connectivity index (χ0n) is 20.1. The first-order valence-corrected chi connectivity index (χ1v) is 12.1. The summed E-state index contributed by atoms with van der Waals surface area (Å²) in [7, 11) is 0. The highest BCUT2D eigenvalue weighted by Crippen LogP contribution is 2.32. The maximum atomic E-state index is 13.4. The average molecular weight is 496 g/mol. The topological polar surface area (TPSA) is 111 Å². The van der Waals surface area contributed by atoms with Crippen molar-refractivity contribution in [3.63, 3.8) is 0 Å². The molecule has 2 atom stereocenters. The molecule has 4 aromatic rings. The van der Waals surface area contributed by atoms with Crippen LogP contribution in [-0.2, 0) is 16.0 Å². The van der Waals surface area contributed by atoms with Crippen LogP contribution >= 0.6 is 0 Å². The Kier molecular flexibility index (Phi) is 5.52. The molecule has 4 heterocycles. The second-order valence-electron chi connectivity index (χ2n) is 9.27. The largest absolute Gasteiger partial charge is 0.467 e. The zero-order chi connectivity index (χ0) is 25.5. The normalized spacial score (nSPS) is 19.3. The Hall–Kier alpha value is -4.79. The van der Waals surface area contributed by atoms with E-state index in [-0.39, 0.29) is 0 Å². The lowest BCUT2D eigenvalue weighted by Crippen LogP contribution is -2.47.